The number of carbonyl (C=O) groups is 2. The number of carboxylic acid groups (broad SMARTS) is 1. The lowest BCUT2D eigenvalue weighted by Crippen LogP contribution is -2.49. The molecule has 15 heavy (non-hydrogen) atoms. The largest absolute Gasteiger partial charge is 0.478 e. The lowest BCUT2D eigenvalue weighted by molar-refractivity contribution is -0.170. The van der Waals surface area contributed by atoms with E-state index in [2.05, 4.69) is 0 Å². The summed E-state index contributed by atoms with van der Waals surface area (Å²) in [5, 5.41) is 9.02. The van der Waals surface area contributed by atoms with Gasteiger partial charge in [-0.25, -0.2) is 4.79 Å². The minimum absolute atomic E-state index is 0.201. The maximum atomic E-state index is 11.2. The fraction of sp³-hybridized carbons (Fsp3) is 0.200. The van der Waals surface area contributed by atoms with Crippen molar-refractivity contribution in [3.8, 4) is 0 Å². The van der Waals surface area contributed by atoms with Crippen LogP contribution in [0.4, 0.5) is 0 Å². The molecule has 80 valence electrons. The van der Waals surface area contributed by atoms with Gasteiger partial charge in [-0.15, -0.1) is 0 Å². The first-order chi connectivity index (χ1) is 7.05. The number of ether oxygens (including phenoxy) is 1. The normalized spacial score (nSPS) is 14.2. The van der Waals surface area contributed by atoms with E-state index >= 15 is 0 Å². The number of methoxy groups -OCH3 is 1. The molecule has 0 bridgehead atoms. The molecule has 3 N–H and O–H groups in total. The third kappa shape index (κ3) is 1.69. The quantitative estimate of drug-likeness (QED) is 0.688. The molecule has 1 unspecified atom stereocenters. The van der Waals surface area contributed by atoms with Gasteiger partial charge >= 0.3 is 5.97 Å². The Morgan fingerprint density at radius 1 is 1.33 bits per heavy atom. The molecule has 0 aliphatic heterocycles. The van der Waals surface area contributed by atoms with E-state index < -0.39 is 17.5 Å². The van der Waals surface area contributed by atoms with Crippen LogP contribution >= 0.6 is 0 Å². The molecular formula is C10H11NO4. The molecule has 0 aromatic heterocycles. The summed E-state index contributed by atoms with van der Waals surface area (Å²) in [7, 11) is 1.13. The number of aliphatic carboxylic acids is 1. The number of primary amides is 1. The van der Waals surface area contributed by atoms with Crippen molar-refractivity contribution in [2.75, 3.05) is 7.11 Å². The van der Waals surface area contributed by atoms with Crippen molar-refractivity contribution < 1.29 is 19.4 Å². The highest BCUT2D eigenvalue weighted by Crippen LogP contribution is 2.24. The predicted molar refractivity (Wildman–Crippen MR) is 52.0 cm³/mol. The zero-order valence-electron chi connectivity index (χ0n) is 8.14. The van der Waals surface area contributed by atoms with E-state index in [1.165, 1.54) is 12.1 Å². The van der Waals surface area contributed by atoms with Crippen LogP contribution in [0, 0.1) is 0 Å². The lowest BCUT2D eigenvalue weighted by atomic mass is 9.93. The minimum atomic E-state index is -2.11. The van der Waals surface area contributed by atoms with Crippen LogP contribution in [0.25, 0.3) is 0 Å². The Bertz CT molecular complexity index is 360. The molecule has 1 atom stereocenters. The molecule has 0 fully saturated rings. The van der Waals surface area contributed by atoms with Crippen LogP contribution in [-0.4, -0.2) is 24.1 Å². The van der Waals surface area contributed by atoms with Gasteiger partial charge in [0.1, 0.15) is 0 Å². The van der Waals surface area contributed by atoms with Gasteiger partial charge in [0.05, 0.1) is 0 Å². The smallest absolute Gasteiger partial charge is 0.350 e. The molecule has 0 aliphatic carbocycles. The van der Waals surface area contributed by atoms with Gasteiger partial charge < -0.3 is 15.6 Å². The molecule has 0 aliphatic rings. The van der Waals surface area contributed by atoms with E-state index in [1.54, 1.807) is 18.2 Å². The fourth-order valence-corrected chi connectivity index (χ4v) is 1.35. The average Bonchev–Trinajstić information content (AvgIpc) is 2.20. The number of amides is 1. The maximum Gasteiger partial charge on any atom is 0.350 e. The Labute approximate surface area is 86.5 Å². The van der Waals surface area contributed by atoms with Crippen molar-refractivity contribution in [1.82, 2.24) is 0 Å². The number of carbonyl (C=O) groups excluding carboxylic acids is 1. The molecule has 5 nitrogen and oxygen atoms in total. The van der Waals surface area contributed by atoms with Gasteiger partial charge in [0.25, 0.3) is 11.5 Å². The van der Waals surface area contributed by atoms with Crippen LogP contribution in [0.3, 0.4) is 0 Å². The van der Waals surface area contributed by atoms with Crippen molar-refractivity contribution in [1.29, 1.82) is 0 Å². The van der Waals surface area contributed by atoms with Crippen LogP contribution in [0.1, 0.15) is 5.56 Å². The summed E-state index contributed by atoms with van der Waals surface area (Å²) < 4.78 is 4.77. The molecular weight excluding hydrogens is 198 g/mol. The third-order valence-corrected chi connectivity index (χ3v) is 2.13. The Kier molecular flexibility index (Phi) is 3.06. The first kappa shape index (κ1) is 11.2. The van der Waals surface area contributed by atoms with Gasteiger partial charge in [-0.1, -0.05) is 30.3 Å². The summed E-state index contributed by atoms with van der Waals surface area (Å²) in [5.41, 5.74) is 3.16. The van der Waals surface area contributed by atoms with Crippen LogP contribution < -0.4 is 5.73 Å². The van der Waals surface area contributed by atoms with Gasteiger partial charge in [-0.2, -0.15) is 0 Å². The Balaban J connectivity index is 3.35. The predicted octanol–water partition coefficient (Wildman–Crippen LogP) is 0.0982. The minimum Gasteiger partial charge on any atom is -0.478 e. The number of carboxylic acids is 1. The van der Waals surface area contributed by atoms with Gasteiger partial charge in [-0.05, 0) is 0 Å². The van der Waals surface area contributed by atoms with Gasteiger partial charge in [0.15, 0.2) is 0 Å². The summed E-state index contributed by atoms with van der Waals surface area (Å²) in [4.78, 5) is 22.3. The standard InChI is InChI=1S/C10H11NO4/c1-15-10(8(11)12,9(13)14)7-5-3-2-4-6-7/h2-6H,1H3,(H2,11,12)(H,13,14). The van der Waals surface area contributed by atoms with E-state index in [-0.39, 0.29) is 5.56 Å². The van der Waals surface area contributed by atoms with Crippen molar-refractivity contribution in [3.63, 3.8) is 0 Å². The molecule has 0 radical (unpaired) electrons. The van der Waals surface area contributed by atoms with E-state index in [0.29, 0.717) is 0 Å². The third-order valence-electron chi connectivity index (χ3n) is 2.13. The van der Waals surface area contributed by atoms with Crippen molar-refractivity contribution >= 4 is 11.9 Å². The molecule has 0 saturated carbocycles. The summed E-state index contributed by atoms with van der Waals surface area (Å²) in [5.74, 6) is -2.48. The summed E-state index contributed by atoms with van der Waals surface area (Å²) in [6.07, 6.45) is 0. The summed E-state index contributed by atoms with van der Waals surface area (Å²) in [6, 6.07) is 7.86. The summed E-state index contributed by atoms with van der Waals surface area (Å²) >= 11 is 0. The number of nitrogens with two attached hydrogens (primary N) is 1. The van der Waals surface area contributed by atoms with E-state index in [1.807, 2.05) is 0 Å². The molecule has 0 spiro atoms. The van der Waals surface area contributed by atoms with E-state index in [0.717, 1.165) is 7.11 Å². The monoisotopic (exact) mass is 209 g/mol. The number of hydrogen-bond donors (Lipinski definition) is 2. The molecule has 0 heterocycles. The molecule has 1 amide bonds. The van der Waals surface area contributed by atoms with Crippen LogP contribution in [0.2, 0.25) is 0 Å². The Hall–Kier alpha value is -1.88. The highest BCUT2D eigenvalue weighted by molar-refractivity contribution is 6.05. The van der Waals surface area contributed by atoms with E-state index in [9.17, 15) is 9.59 Å². The second kappa shape index (κ2) is 4.10. The Morgan fingerprint density at radius 2 is 1.87 bits per heavy atom. The second-order valence-corrected chi connectivity index (χ2v) is 2.92. The zero-order valence-corrected chi connectivity index (χ0v) is 8.14. The van der Waals surface area contributed by atoms with E-state index in [4.69, 9.17) is 15.6 Å². The van der Waals surface area contributed by atoms with Crippen molar-refractivity contribution in [2.24, 2.45) is 5.73 Å². The van der Waals surface area contributed by atoms with Gasteiger partial charge in [0.2, 0.25) is 0 Å². The topological polar surface area (TPSA) is 89.6 Å². The van der Waals surface area contributed by atoms with Crippen LogP contribution in [0.15, 0.2) is 30.3 Å². The highest BCUT2D eigenvalue weighted by atomic mass is 16.5. The van der Waals surface area contributed by atoms with Crippen LogP contribution in [0.5, 0.6) is 0 Å². The maximum absolute atomic E-state index is 11.2. The first-order valence-electron chi connectivity index (χ1n) is 4.19. The first-order valence-corrected chi connectivity index (χ1v) is 4.19. The van der Waals surface area contributed by atoms with Crippen LogP contribution in [-0.2, 0) is 19.9 Å². The highest BCUT2D eigenvalue weighted by Gasteiger charge is 2.47. The molecule has 1 aromatic carbocycles. The fourth-order valence-electron chi connectivity index (χ4n) is 1.35. The Morgan fingerprint density at radius 3 is 2.20 bits per heavy atom. The summed E-state index contributed by atoms with van der Waals surface area (Å²) in [6.45, 7) is 0. The lowest BCUT2D eigenvalue weighted by Gasteiger charge is -2.24. The SMILES string of the molecule is COC(C(N)=O)(C(=O)O)c1ccccc1. The zero-order chi connectivity index (χ0) is 11.5. The molecule has 1 rings (SSSR count). The number of rotatable bonds is 4. The number of benzene rings is 1. The van der Waals surface area contributed by atoms with Crippen molar-refractivity contribution in [3.05, 3.63) is 35.9 Å². The average molecular weight is 209 g/mol. The van der Waals surface area contributed by atoms with Gasteiger partial charge in [0, 0.05) is 12.7 Å². The molecule has 1 aromatic rings. The molecule has 0 saturated heterocycles. The molecule has 5 heteroatoms. The van der Waals surface area contributed by atoms with Crippen molar-refractivity contribution in [2.45, 2.75) is 5.60 Å². The second-order valence-electron chi connectivity index (χ2n) is 2.92. The number of hydrogen-bond acceptors (Lipinski definition) is 3. The van der Waals surface area contributed by atoms with Gasteiger partial charge in [-0.3, -0.25) is 4.79 Å².